The fourth-order valence-electron chi connectivity index (χ4n) is 2.83. The predicted molar refractivity (Wildman–Crippen MR) is 82.7 cm³/mol. The Kier molecular flexibility index (Phi) is 2.87. The third-order valence-electron chi connectivity index (χ3n) is 4.51. The van der Waals surface area contributed by atoms with Gasteiger partial charge in [-0.25, -0.2) is 0 Å². The van der Waals surface area contributed by atoms with E-state index in [0.717, 1.165) is 34.4 Å². The highest BCUT2D eigenvalue weighted by atomic mass is 16.3. The summed E-state index contributed by atoms with van der Waals surface area (Å²) in [7, 11) is 0. The Morgan fingerprint density at radius 3 is 2.75 bits per heavy atom. The zero-order valence-electron chi connectivity index (χ0n) is 12.1. The Labute approximate surface area is 119 Å². The van der Waals surface area contributed by atoms with E-state index in [1.165, 1.54) is 0 Å². The number of aliphatic hydroxyl groups excluding tert-OH is 1. The minimum absolute atomic E-state index is 0.107. The first-order valence-electron chi connectivity index (χ1n) is 6.99. The number of pyridine rings is 1. The number of aromatic nitrogens is 1. The number of hydrogen-bond donors (Lipinski definition) is 3. The van der Waals surface area contributed by atoms with E-state index in [9.17, 15) is 5.11 Å². The standard InChI is InChI=1S/C16H21N3O/c1-9-6-13(19-14-8-15(20)16(14,2)3)11-7-10(17)4-5-12(11)18-9/h4-7,14-15,20H,8,17H2,1-3H3,(H,18,19). The normalized spacial score (nSPS) is 24.4. The zero-order chi connectivity index (χ0) is 14.5. The fourth-order valence-corrected chi connectivity index (χ4v) is 2.83. The molecule has 1 heterocycles. The van der Waals surface area contributed by atoms with Crippen molar-refractivity contribution < 1.29 is 5.11 Å². The summed E-state index contributed by atoms with van der Waals surface area (Å²) in [5.74, 6) is 0. The molecule has 4 nitrogen and oxygen atoms in total. The highest BCUT2D eigenvalue weighted by Crippen LogP contribution is 2.43. The van der Waals surface area contributed by atoms with Crippen LogP contribution in [-0.2, 0) is 0 Å². The molecule has 1 aromatic carbocycles. The number of hydrogen-bond acceptors (Lipinski definition) is 4. The molecular weight excluding hydrogens is 250 g/mol. The molecule has 0 radical (unpaired) electrons. The van der Waals surface area contributed by atoms with E-state index in [4.69, 9.17) is 5.73 Å². The van der Waals surface area contributed by atoms with Crippen molar-refractivity contribution in [2.45, 2.75) is 39.3 Å². The molecule has 2 atom stereocenters. The first kappa shape index (κ1) is 13.2. The maximum absolute atomic E-state index is 9.86. The molecule has 106 valence electrons. The van der Waals surface area contributed by atoms with Crippen LogP contribution in [0.1, 0.15) is 26.0 Å². The molecule has 4 heteroatoms. The molecule has 0 saturated heterocycles. The SMILES string of the molecule is Cc1cc(NC2CC(O)C2(C)C)c2cc(N)ccc2n1. The van der Waals surface area contributed by atoms with Gasteiger partial charge in [0.1, 0.15) is 0 Å². The molecule has 0 amide bonds. The molecule has 2 unspecified atom stereocenters. The average Bonchev–Trinajstić information content (AvgIpc) is 2.39. The van der Waals surface area contributed by atoms with Crippen LogP contribution in [0.25, 0.3) is 10.9 Å². The van der Waals surface area contributed by atoms with Crippen molar-refractivity contribution in [3.8, 4) is 0 Å². The van der Waals surface area contributed by atoms with Gasteiger partial charge in [0.15, 0.2) is 0 Å². The topological polar surface area (TPSA) is 71.2 Å². The lowest BCUT2D eigenvalue weighted by molar-refractivity contribution is -0.0510. The van der Waals surface area contributed by atoms with E-state index in [-0.39, 0.29) is 17.6 Å². The summed E-state index contributed by atoms with van der Waals surface area (Å²) in [6.45, 7) is 6.16. The number of benzene rings is 1. The van der Waals surface area contributed by atoms with Gasteiger partial charge in [-0.2, -0.15) is 0 Å². The maximum Gasteiger partial charge on any atom is 0.0727 e. The molecular formula is C16H21N3O. The van der Waals surface area contributed by atoms with Crippen LogP contribution in [0.4, 0.5) is 11.4 Å². The molecule has 0 spiro atoms. The van der Waals surface area contributed by atoms with Crippen LogP contribution in [0.3, 0.4) is 0 Å². The van der Waals surface area contributed by atoms with Crippen LogP contribution >= 0.6 is 0 Å². The number of nitrogens with one attached hydrogen (secondary N) is 1. The highest BCUT2D eigenvalue weighted by molar-refractivity contribution is 5.93. The van der Waals surface area contributed by atoms with Crippen LogP contribution < -0.4 is 11.1 Å². The molecule has 1 aromatic heterocycles. The van der Waals surface area contributed by atoms with E-state index in [1.807, 2.05) is 31.2 Å². The van der Waals surface area contributed by atoms with Gasteiger partial charge in [0.25, 0.3) is 0 Å². The van der Waals surface area contributed by atoms with Crippen LogP contribution in [0.15, 0.2) is 24.3 Å². The van der Waals surface area contributed by atoms with E-state index in [0.29, 0.717) is 0 Å². The Morgan fingerprint density at radius 1 is 1.35 bits per heavy atom. The second-order valence-corrected chi connectivity index (χ2v) is 6.36. The monoisotopic (exact) mass is 271 g/mol. The van der Waals surface area contributed by atoms with Crippen molar-refractivity contribution in [2.75, 3.05) is 11.1 Å². The van der Waals surface area contributed by atoms with Crippen molar-refractivity contribution in [1.29, 1.82) is 0 Å². The number of nitrogens with zero attached hydrogens (tertiary/aromatic N) is 1. The van der Waals surface area contributed by atoms with Crippen molar-refractivity contribution in [1.82, 2.24) is 4.98 Å². The summed E-state index contributed by atoms with van der Waals surface area (Å²) >= 11 is 0. The van der Waals surface area contributed by atoms with E-state index in [1.54, 1.807) is 0 Å². The van der Waals surface area contributed by atoms with E-state index < -0.39 is 0 Å². The summed E-state index contributed by atoms with van der Waals surface area (Å²) in [5.41, 5.74) is 9.48. The number of rotatable bonds is 2. The zero-order valence-corrected chi connectivity index (χ0v) is 12.1. The first-order chi connectivity index (χ1) is 9.38. The minimum atomic E-state index is -0.237. The van der Waals surface area contributed by atoms with Crippen LogP contribution in [0.5, 0.6) is 0 Å². The number of aryl methyl sites for hydroxylation is 1. The molecule has 0 bridgehead atoms. The fraction of sp³-hybridized carbons (Fsp3) is 0.438. The lowest BCUT2D eigenvalue weighted by atomic mass is 9.64. The second-order valence-electron chi connectivity index (χ2n) is 6.36. The number of anilines is 2. The Morgan fingerprint density at radius 2 is 2.10 bits per heavy atom. The van der Waals surface area contributed by atoms with Gasteiger partial charge in [0, 0.05) is 33.9 Å². The molecule has 1 saturated carbocycles. The molecule has 20 heavy (non-hydrogen) atoms. The van der Waals surface area contributed by atoms with Crippen LogP contribution in [0.2, 0.25) is 0 Å². The van der Waals surface area contributed by atoms with Gasteiger partial charge in [-0.1, -0.05) is 13.8 Å². The summed E-state index contributed by atoms with van der Waals surface area (Å²) in [6.07, 6.45) is 0.539. The molecule has 2 aromatic rings. The van der Waals surface area contributed by atoms with Crippen LogP contribution in [-0.4, -0.2) is 22.2 Å². The smallest absolute Gasteiger partial charge is 0.0727 e. The van der Waals surface area contributed by atoms with Gasteiger partial charge in [-0.15, -0.1) is 0 Å². The van der Waals surface area contributed by atoms with Crippen molar-refractivity contribution in [3.05, 3.63) is 30.0 Å². The largest absolute Gasteiger partial charge is 0.399 e. The maximum atomic E-state index is 9.86. The minimum Gasteiger partial charge on any atom is -0.399 e. The third kappa shape index (κ3) is 2.00. The van der Waals surface area contributed by atoms with Gasteiger partial charge < -0.3 is 16.2 Å². The lowest BCUT2D eigenvalue weighted by Gasteiger charge is -2.50. The van der Waals surface area contributed by atoms with Gasteiger partial charge in [0.2, 0.25) is 0 Å². The number of fused-ring (bicyclic) bond motifs is 1. The van der Waals surface area contributed by atoms with Gasteiger partial charge in [0.05, 0.1) is 11.6 Å². The van der Waals surface area contributed by atoms with Crippen molar-refractivity contribution in [2.24, 2.45) is 5.41 Å². The van der Waals surface area contributed by atoms with Crippen molar-refractivity contribution in [3.63, 3.8) is 0 Å². The molecule has 3 rings (SSSR count). The Balaban J connectivity index is 2.01. The van der Waals surface area contributed by atoms with Gasteiger partial charge in [-0.3, -0.25) is 4.98 Å². The summed E-state index contributed by atoms with van der Waals surface area (Å²) in [6, 6.07) is 8.08. The van der Waals surface area contributed by atoms with Gasteiger partial charge in [-0.05, 0) is 37.6 Å². The second kappa shape index (κ2) is 4.35. The highest BCUT2D eigenvalue weighted by Gasteiger charge is 2.47. The molecule has 1 aliphatic rings. The molecule has 4 N–H and O–H groups in total. The lowest BCUT2D eigenvalue weighted by Crippen LogP contribution is -2.56. The predicted octanol–water partition coefficient (Wildman–Crippen LogP) is 2.70. The number of nitrogens with two attached hydrogens (primary N) is 1. The summed E-state index contributed by atoms with van der Waals surface area (Å²) in [5, 5.41) is 14.5. The molecule has 1 aliphatic carbocycles. The average molecular weight is 271 g/mol. The molecule has 1 fully saturated rings. The van der Waals surface area contributed by atoms with Crippen molar-refractivity contribution >= 4 is 22.3 Å². The quantitative estimate of drug-likeness (QED) is 0.734. The van der Waals surface area contributed by atoms with Crippen LogP contribution in [0, 0.1) is 12.3 Å². The van der Waals surface area contributed by atoms with E-state index >= 15 is 0 Å². The van der Waals surface area contributed by atoms with E-state index in [2.05, 4.69) is 24.1 Å². The summed E-state index contributed by atoms with van der Waals surface area (Å²) < 4.78 is 0. The first-order valence-corrected chi connectivity index (χ1v) is 6.99. The molecule has 0 aliphatic heterocycles. The Hall–Kier alpha value is -1.81. The van der Waals surface area contributed by atoms with Gasteiger partial charge >= 0.3 is 0 Å². The summed E-state index contributed by atoms with van der Waals surface area (Å²) in [4.78, 5) is 4.53. The Bertz CT molecular complexity index is 666. The third-order valence-corrected chi connectivity index (χ3v) is 4.51. The number of nitrogen functional groups attached to an aromatic ring is 1. The number of aliphatic hydroxyl groups is 1.